The zero-order valence-electron chi connectivity index (χ0n) is 14.3. The lowest BCUT2D eigenvalue weighted by Gasteiger charge is -2.06. The molecule has 0 radical (unpaired) electrons. The average Bonchev–Trinajstić information content (AvgIpc) is 2.99. The molecular formula is C20H18N2O2S. The lowest BCUT2D eigenvalue weighted by Crippen LogP contribution is -2.13. The van der Waals surface area contributed by atoms with Crippen LogP contribution in [0, 0.1) is 13.8 Å². The molecule has 0 aliphatic carbocycles. The summed E-state index contributed by atoms with van der Waals surface area (Å²) in [6, 6.07) is 15.2. The van der Waals surface area contributed by atoms with Gasteiger partial charge in [0.2, 0.25) is 0 Å². The molecule has 0 unspecified atom stereocenters. The van der Waals surface area contributed by atoms with Gasteiger partial charge in [-0.05, 0) is 25.5 Å². The van der Waals surface area contributed by atoms with Crippen LogP contribution in [0.5, 0.6) is 0 Å². The molecule has 0 bridgehead atoms. The van der Waals surface area contributed by atoms with Gasteiger partial charge in [0, 0.05) is 18.1 Å². The number of aryl methyl sites for hydroxylation is 2. The Hall–Kier alpha value is -2.79. The molecule has 126 valence electrons. The van der Waals surface area contributed by atoms with Crippen molar-refractivity contribution in [1.29, 1.82) is 0 Å². The van der Waals surface area contributed by atoms with Gasteiger partial charge in [-0.25, -0.2) is 4.98 Å². The van der Waals surface area contributed by atoms with Crippen LogP contribution >= 0.6 is 11.3 Å². The average molecular weight is 350 g/mol. The van der Waals surface area contributed by atoms with Crippen LogP contribution in [-0.2, 0) is 0 Å². The van der Waals surface area contributed by atoms with Crippen molar-refractivity contribution < 1.29 is 9.59 Å². The van der Waals surface area contributed by atoms with Gasteiger partial charge in [0.05, 0.1) is 10.6 Å². The van der Waals surface area contributed by atoms with E-state index in [1.165, 1.54) is 18.3 Å². The van der Waals surface area contributed by atoms with Crippen LogP contribution < -0.4 is 5.32 Å². The molecule has 3 rings (SSSR count). The maximum absolute atomic E-state index is 12.5. The molecule has 0 fully saturated rings. The Kier molecular flexibility index (Phi) is 4.76. The summed E-state index contributed by atoms with van der Waals surface area (Å²) in [6.07, 6.45) is 0. The molecule has 1 heterocycles. The summed E-state index contributed by atoms with van der Waals surface area (Å²) in [5.74, 6) is -0.288. The Bertz CT molecular complexity index is 946. The smallest absolute Gasteiger partial charge is 0.257 e. The summed E-state index contributed by atoms with van der Waals surface area (Å²) in [6.45, 7) is 5.40. The number of carbonyl (C=O) groups excluding carboxylic acids is 2. The first-order valence-corrected chi connectivity index (χ1v) is 8.73. The number of Topliss-reactive ketones (excluding diaryl/α,β-unsaturated/α-hetero) is 1. The van der Waals surface area contributed by atoms with E-state index in [2.05, 4.69) is 10.3 Å². The third-order valence-electron chi connectivity index (χ3n) is 3.84. The number of nitrogens with zero attached hydrogens (tertiary/aromatic N) is 1. The normalized spacial score (nSPS) is 10.5. The highest BCUT2D eigenvalue weighted by molar-refractivity contribution is 7.18. The van der Waals surface area contributed by atoms with Crippen LogP contribution in [0.2, 0.25) is 0 Å². The Balaban J connectivity index is 1.93. The van der Waals surface area contributed by atoms with Gasteiger partial charge in [-0.3, -0.25) is 14.9 Å². The van der Waals surface area contributed by atoms with Crippen LogP contribution in [0.4, 0.5) is 5.13 Å². The summed E-state index contributed by atoms with van der Waals surface area (Å²) in [5, 5.41) is 3.25. The lowest BCUT2D eigenvalue weighted by atomic mass is 10.1. The zero-order chi connectivity index (χ0) is 18.0. The third-order valence-corrected chi connectivity index (χ3v) is 4.91. The van der Waals surface area contributed by atoms with Crippen molar-refractivity contribution in [1.82, 2.24) is 4.98 Å². The zero-order valence-corrected chi connectivity index (χ0v) is 15.1. The molecule has 25 heavy (non-hydrogen) atoms. The second kappa shape index (κ2) is 6.99. The van der Waals surface area contributed by atoms with E-state index in [4.69, 9.17) is 0 Å². The Labute approximate surface area is 150 Å². The number of amides is 1. The van der Waals surface area contributed by atoms with E-state index in [0.29, 0.717) is 21.3 Å². The number of carbonyl (C=O) groups is 2. The third kappa shape index (κ3) is 3.67. The van der Waals surface area contributed by atoms with Crippen LogP contribution in [0.15, 0.2) is 48.5 Å². The maximum Gasteiger partial charge on any atom is 0.257 e. The summed E-state index contributed by atoms with van der Waals surface area (Å²) < 4.78 is 0. The molecule has 4 nitrogen and oxygen atoms in total. The second-order valence-electron chi connectivity index (χ2n) is 5.89. The van der Waals surface area contributed by atoms with E-state index in [1.54, 1.807) is 6.07 Å². The van der Waals surface area contributed by atoms with Crippen LogP contribution in [0.3, 0.4) is 0 Å². The topological polar surface area (TPSA) is 59.1 Å². The minimum absolute atomic E-state index is 0.0663. The van der Waals surface area contributed by atoms with E-state index in [9.17, 15) is 9.59 Å². The van der Waals surface area contributed by atoms with E-state index < -0.39 is 0 Å². The molecule has 1 N–H and O–H groups in total. The summed E-state index contributed by atoms with van der Waals surface area (Å²) in [4.78, 5) is 29.5. The van der Waals surface area contributed by atoms with Gasteiger partial charge < -0.3 is 0 Å². The summed E-state index contributed by atoms with van der Waals surface area (Å²) in [5.41, 5.74) is 4.08. The molecule has 0 spiro atoms. The highest BCUT2D eigenvalue weighted by atomic mass is 32.1. The predicted octanol–water partition coefficient (Wildman–Crippen LogP) is 4.88. The molecular weight excluding hydrogens is 332 g/mol. The van der Waals surface area contributed by atoms with Gasteiger partial charge >= 0.3 is 0 Å². The second-order valence-corrected chi connectivity index (χ2v) is 6.89. The molecule has 1 aromatic heterocycles. The number of anilines is 1. The van der Waals surface area contributed by atoms with Gasteiger partial charge in [-0.15, -0.1) is 0 Å². The first-order valence-electron chi connectivity index (χ1n) is 7.91. The minimum atomic E-state index is -0.221. The number of benzene rings is 2. The van der Waals surface area contributed by atoms with Gasteiger partial charge in [0.25, 0.3) is 5.91 Å². The van der Waals surface area contributed by atoms with Gasteiger partial charge in [-0.1, -0.05) is 59.4 Å². The van der Waals surface area contributed by atoms with Crippen molar-refractivity contribution in [2.75, 3.05) is 5.32 Å². The van der Waals surface area contributed by atoms with Crippen LogP contribution in [0.1, 0.15) is 38.1 Å². The number of aromatic nitrogens is 1. The van der Waals surface area contributed by atoms with E-state index in [-0.39, 0.29) is 11.7 Å². The molecule has 0 atom stereocenters. The molecule has 0 saturated heterocycles. The van der Waals surface area contributed by atoms with Crippen molar-refractivity contribution in [3.8, 4) is 11.3 Å². The number of rotatable bonds is 4. The van der Waals surface area contributed by atoms with E-state index in [1.807, 2.05) is 56.3 Å². The molecule has 3 aromatic rings. The van der Waals surface area contributed by atoms with Crippen LogP contribution in [0.25, 0.3) is 11.3 Å². The SMILES string of the molecule is CC(=O)c1sc(NC(=O)c2ccc(C)cc2C)nc1-c1ccccc1. The lowest BCUT2D eigenvalue weighted by molar-refractivity contribution is 0.101. The summed E-state index contributed by atoms with van der Waals surface area (Å²) >= 11 is 1.20. The Morgan fingerprint density at radius 3 is 2.40 bits per heavy atom. The molecule has 0 aliphatic rings. The molecule has 1 amide bonds. The Morgan fingerprint density at radius 1 is 1.04 bits per heavy atom. The van der Waals surface area contributed by atoms with Gasteiger partial charge in [-0.2, -0.15) is 0 Å². The fourth-order valence-electron chi connectivity index (χ4n) is 2.64. The van der Waals surface area contributed by atoms with Crippen LogP contribution in [-0.4, -0.2) is 16.7 Å². The molecule has 2 aromatic carbocycles. The molecule has 0 aliphatic heterocycles. The monoisotopic (exact) mass is 350 g/mol. The summed E-state index contributed by atoms with van der Waals surface area (Å²) in [7, 11) is 0. The highest BCUT2D eigenvalue weighted by Crippen LogP contribution is 2.31. The first kappa shape index (κ1) is 17.0. The number of ketones is 1. The fourth-order valence-corrected chi connectivity index (χ4v) is 3.51. The predicted molar refractivity (Wildman–Crippen MR) is 101 cm³/mol. The largest absolute Gasteiger partial charge is 0.298 e. The standard InChI is InChI=1S/C20H18N2O2S/c1-12-9-10-16(13(2)11-12)19(24)22-20-21-17(18(25-20)14(3)23)15-7-5-4-6-8-15/h4-11H,1-3H3,(H,21,22,24). The van der Waals surface area contributed by atoms with Gasteiger partial charge in [0.1, 0.15) is 0 Å². The highest BCUT2D eigenvalue weighted by Gasteiger charge is 2.18. The fraction of sp³-hybridized carbons (Fsp3) is 0.150. The van der Waals surface area contributed by atoms with Crippen molar-refractivity contribution in [3.05, 3.63) is 70.1 Å². The van der Waals surface area contributed by atoms with Gasteiger partial charge in [0.15, 0.2) is 10.9 Å². The van der Waals surface area contributed by atoms with Crippen molar-refractivity contribution >= 4 is 28.2 Å². The van der Waals surface area contributed by atoms with Crippen molar-refractivity contribution in [2.45, 2.75) is 20.8 Å². The minimum Gasteiger partial charge on any atom is -0.298 e. The Morgan fingerprint density at radius 2 is 1.76 bits per heavy atom. The first-order chi connectivity index (χ1) is 12.0. The number of hydrogen-bond donors (Lipinski definition) is 1. The van der Waals surface area contributed by atoms with Crippen molar-refractivity contribution in [2.24, 2.45) is 0 Å². The molecule has 5 heteroatoms. The van der Waals surface area contributed by atoms with Crippen molar-refractivity contribution in [3.63, 3.8) is 0 Å². The maximum atomic E-state index is 12.5. The van der Waals surface area contributed by atoms with E-state index in [0.717, 1.165) is 16.7 Å². The number of hydrogen-bond acceptors (Lipinski definition) is 4. The molecule has 0 saturated carbocycles. The quantitative estimate of drug-likeness (QED) is 0.682. The van der Waals surface area contributed by atoms with E-state index >= 15 is 0 Å². The number of nitrogens with one attached hydrogen (secondary N) is 1. The number of thiazole rings is 1.